The fourth-order valence-electron chi connectivity index (χ4n) is 3.50. The van der Waals surface area contributed by atoms with Gasteiger partial charge in [0.2, 0.25) is 0 Å². The van der Waals surface area contributed by atoms with Crippen molar-refractivity contribution >= 4 is 69.1 Å². The summed E-state index contributed by atoms with van der Waals surface area (Å²) in [4.78, 5) is 12.5. The van der Waals surface area contributed by atoms with Crippen molar-refractivity contribution in [3.8, 4) is 22.8 Å². The van der Waals surface area contributed by atoms with E-state index in [1.165, 1.54) is 23.5 Å². The topological polar surface area (TPSA) is 92.4 Å². The Bertz CT molecular complexity index is 1430. The van der Waals surface area contributed by atoms with Crippen LogP contribution in [0.2, 0.25) is 0 Å². The Hall–Kier alpha value is -2.45. The minimum absolute atomic E-state index is 0.0542. The van der Waals surface area contributed by atoms with Crippen molar-refractivity contribution in [1.29, 1.82) is 0 Å². The van der Waals surface area contributed by atoms with E-state index < -0.39 is 0 Å². The molecule has 0 atom stereocenters. The fourth-order valence-corrected chi connectivity index (χ4v) is 6.13. The lowest BCUT2D eigenvalue weighted by molar-refractivity contribution is -0.118. The maximum Gasteiger partial charge on any atom is 0.250 e. The second kappa shape index (κ2) is 11.9. The van der Waals surface area contributed by atoms with Gasteiger partial charge in [0.05, 0.1) is 15.5 Å². The maximum atomic E-state index is 12.5. The Balaban J connectivity index is 1.52. The van der Waals surface area contributed by atoms with Crippen molar-refractivity contribution in [2.75, 3.05) is 5.75 Å². The molecule has 190 valence electrons. The lowest BCUT2D eigenvalue weighted by Crippen LogP contribution is -2.20. The smallest absolute Gasteiger partial charge is 0.250 e. The summed E-state index contributed by atoms with van der Waals surface area (Å²) in [6.45, 7) is 6.55. The number of hydrogen-bond donors (Lipinski definition) is 2. The monoisotopic (exact) mass is 737 g/mol. The summed E-state index contributed by atoms with van der Waals surface area (Å²) in [6.07, 6.45) is 1.44. The number of nitrogens with one attached hydrogen (secondary N) is 1. The molecule has 10 heteroatoms. The Morgan fingerprint density at radius 1 is 1.08 bits per heavy atom. The standard InChI is InChI=1S/C27H25I2N5O2S/c1-27(2,3)19-11-9-17(10-12-19)25-32-33-26(34(25)21-7-5-4-6-8-21)37-16-23(35)31-30-15-18-13-20(28)14-22(29)24(18)36/h4-15,36H,16H2,1-3H3,(H,31,35)/b30-15-. The number of hydrogen-bond acceptors (Lipinski definition) is 6. The van der Waals surface area contributed by atoms with E-state index in [1.807, 2.05) is 41.0 Å². The number of carbonyl (C=O) groups is 1. The first-order valence-corrected chi connectivity index (χ1v) is 14.5. The van der Waals surface area contributed by atoms with Crippen LogP contribution in [0.25, 0.3) is 17.1 Å². The van der Waals surface area contributed by atoms with Gasteiger partial charge in [-0.1, -0.05) is 75.0 Å². The van der Waals surface area contributed by atoms with Crippen molar-refractivity contribution < 1.29 is 9.90 Å². The largest absolute Gasteiger partial charge is 0.506 e. The Morgan fingerprint density at radius 3 is 2.46 bits per heavy atom. The molecule has 0 aliphatic carbocycles. The van der Waals surface area contributed by atoms with Gasteiger partial charge in [-0.15, -0.1) is 10.2 Å². The van der Waals surface area contributed by atoms with E-state index >= 15 is 0 Å². The number of nitrogens with zero attached hydrogens (tertiary/aromatic N) is 4. The maximum absolute atomic E-state index is 12.5. The molecule has 4 aromatic rings. The fraction of sp³-hybridized carbons (Fsp3) is 0.185. The van der Waals surface area contributed by atoms with Gasteiger partial charge in [-0.05, 0) is 80.4 Å². The number of aromatic nitrogens is 3. The van der Waals surface area contributed by atoms with E-state index in [4.69, 9.17) is 0 Å². The van der Waals surface area contributed by atoms with Gasteiger partial charge in [-0.3, -0.25) is 9.36 Å². The molecule has 4 rings (SSSR count). The summed E-state index contributed by atoms with van der Waals surface area (Å²) in [5, 5.41) is 23.7. The second-order valence-electron chi connectivity index (χ2n) is 9.21. The molecule has 0 unspecified atom stereocenters. The third-order valence-electron chi connectivity index (χ3n) is 5.44. The van der Waals surface area contributed by atoms with E-state index in [1.54, 1.807) is 6.07 Å². The zero-order chi connectivity index (χ0) is 26.6. The summed E-state index contributed by atoms with van der Waals surface area (Å²) in [5.41, 5.74) is 6.20. The van der Waals surface area contributed by atoms with Gasteiger partial charge in [0, 0.05) is 20.4 Å². The molecule has 0 bridgehead atoms. The van der Waals surface area contributed by atoms with Crippen LogP contribution in [-0.4, -0.2) is 37.7 Å². The lowest BCUT2D eigenvalue weighted by Gasteiger charge is -2.19. The van der Waals surface area contributed by atoms with Crippen LogP contribution in [0.15, 0.2) is 77.0 Å². The molecule has 0 fully saturated rings. The number of benzene rings is 3. The van der Waals surface area contributed by atoms with Crippen LogP contribution in [0.1, 0.15) is 31.9 Å². The van der Waals surface area contributed by atoms with Crippen LogP contribution in [0.4, 0.5) is 0 Å². The number of hydrazone groups is 1. The number of phenols is 1. The summed E-state index contributed by atoms with van der Waals surface area (Å²) in [7, 11) is 0. The van der Waals surface area contributed by atoms with Crippen molar-refractivity contribution in [1.82, 2.24) is 20.2 Å². The quantitative estimate of drug-likeness (QED) is 0.0994. The van der Waals surface area contributed by atoms with Crippen LogP contribution in [0.3, 0.4) is 0 Å². The van der Waals surface area contributed by atoms with Crippen molar-refractivity contribution in [3.63, 3.8) is 0 Å². The highest BCUT2D eigenvalue weighted by Gasteiger charge is 2.19. The van der Waals surface area contributed by atoms with Gasteiger partial charge in [-0.2, -0.15) is 5.10 Å². The molecular formula is C27H25I2N5O2S. The molecule has 0 saturated carbocycles. The molecule has 1 heterocycles. The first-order chi connectivity index (χ1) is 17.6. The number of rotatable bonds is 7. The molecule has 1 amide bonds. The zero-order valence-electron chi connectivity index (χ0n) is 20.4. The van der Waals surface area contributed by atoms with Gasteiger partial charge in [0.1, 0.15) is 5.75 Å². The number of thioether (sulfide) groups is 1. The number of halogens is 2. The van der Waals surface area contributed by atoms with Gasteiger partial charge in [-0.25, -0.2) is 5.43 Å². The highest BCUT2D eigenvalue weighted by atomic mass is 127. The van der Waals surface area contributed by atoms with Gasteiger partial charge < -0.3 is 5.11 Å². The van der Waals surface area contributed by atoms with Gasteiger partial charge in [0.25, 0.3) is 5.91 Å². The summed E-state index contributed by atoms with van der Waals surface area (Å²) in [5.74, 6) is 0.643. The molecule has 0 aliphatic rings. The average molecular weight is 737 g/mol. The highest BCUT2D eigenvalue weighted by Crippen LogP contribution is 2.30. The molecule has 1 aromatic heterocycles. The van der Waals surface area contributed by atoms with Crippen LogP contribution < -0.4 is 5.43 Å². The third kappa shape index (κ3) is 6.90. The van der Waals surface area contributed by atoms with E-state index in [0.29, 0.717) is 16.5 Å². The molecule has 0 radical (unpaired) electrons. The van der Waals surface area contributed by atoms with Crippen molar-refractivity contribution in [3.05, 3.63) is 85.0 Å². The van der Waals surface area contributed by atoms with Crippen LogP contribution in [0.5, 0.6) is 5.75 Å². The second-order valence-corrected chi connectivity index (χ2v) is 12.6. The Labute approximate surface area is 247 Å². The number of para-hydroxylation sites is 1. The summed E-state index contributed by atoms with van der Waals surface area (Å²) in [6, 6.07) is 21.8. The van der Waals surface area contributed by atoms with E-state index in [2.05, 4.69) is 111 Å². The molecule has 3 aromatic carbocycles. The number of aromatic hydroxyl groups is 1. The highest BCUT2D eigenvalue weighted by molar-refractivity contribution is 14.1. The number of amides is 1. The van der Waals surface area contributed by atoms with Crippen molar-refractivity contribution in [2.24, 2.45) is 5.10 Å². The minimum Gasteiger partial charge on any atom is -0.506 e. The van der Waals surface area contributed by atoms with Crippen LogP contribution >= 0.6 is 56.9 Å². The van der Waals surface area contributed by atoms with Gasteiger partial charge >= 0.3 is 0 Å². The van der Waals surface area contributed by atoms with Gasteiger partial charge in [0.15, 0.2) is 11.0 Å². The van der Waals surface area contributed by atoms with Crippen LogP contribution in [-0.2, 0) is 10.2 Å². The first-order valence-electron chi connectivity index (χ1n) is 11.4. The molecule has 0 saturated heterocycles. The Morgan fingerprint density at radius 2 is 1.78 bits per heavy atom. The van der Waals surface area contributed by atoms with Crippen LogP contribution in [0, 0.1) is 7.14 Å². The SMILES string of the molecule is CC(C)(C)c1ccc(-c2nnc(SCC(=O)N/N=C\c3cc(I)cc(I)c3O)n2-c2ccccc2)cc1. The molecular weight excluding hydrogens is 712 g/mol. The lowest BCUT2D eigenvalue weighted by atomic mass is 9.87. The normalized spacial score (nSPS) is 11.7. The molecule has 2 N–H and O–H groups in total. The summed E-state index contributed by atoms with van der Waals surface area (Å²) >= 11 is 5.50. The molecule has 0 aliphatic heterocycles. The minimum atomic E-state index is -0.292. The number of carbonyl (C=O) groups excluding carboxylic acids is 1. The van der Waals surface area contributed by atoms with E-state index in [0.717, 1.165) is 18.4 Å². The third-order valence-corrected chi connectivity index (χ3v) is 7.81. The molecule has 7 nitrogen and oxygen atoms in total. The zero-order valence-corrected chi connectivity index (χ0v) is 25.6. The number of phenolic OH excluding ortho intramolecular Hbond substituents is 1. The summed E-state index contributed by atoms with van der Waals surface area (Å²) < 4.78 is 3.64. The average Bonchev–Trinajstić information content (AvgIpc) is 3.29. The molecule has 0 spiro atoms. The Kier molecular flexibility index (Phi) is 8.90. The van der Waals surface area contributed by atoms with E-state index in [-0.39, 0.29) is 22.8 Å². The first kappa shape index (κ1) is 27.6. The predicted octanol–water partition coefficient (Wildman–Crippen LogP) is 6.39. The van der Waals surface area contributed by atoms with Crippen molar-refractivity contribution in [2.45, 2.75) is 31.3 Å². The predicted molar refractivity (Wildman–Crippen MR) is 165 cm³/mol. The van der Waals surface area contributed by atoms with E-state index in [9.17, 15) is 9.90 Å². The molecule has 37 heavy (non-hydrogen) atoms.